The van der Waals surface area contributed by atoms with E-state index in [9.17, 15) is 9.59 Å². The Morgan fingerprint density at radius 3 is 2.73 bits per heavy atom. The molecule has 0 radical (unpaired) electrons. The molecule has 0 saturated heterocycles. The molecule has 0 aliphatic carbocycles. The Morgan fingerprint density at radius 2 is 2.10 bits per heavy atom. The Morgan fingerprint density at radius 1 is 1.33 bits per heavy atom. The van der Waals surface area contributed by atoms with Crippen LogP contribution in [0.15, 0.2) is 28.0 Å². The van der Waals surface area contributed by atoms with E-state index in [0.717, 1.165) is 16.2 Å². The molecule has 10 heteroatoms. The average Bonchev–Trinajstić information content (AvgIpc) is 3.38. The minimum Gasteiger partial charge on any atom is -0.469 e. The van der Waals surface area contributed by atoms with Crippen LogP contribution < -0.4 is 5.32 Å². The maximum absolute atomic E-state index is 12.5. The number of furan rings is 1. The van der Waals surface area contributed by atoms with Gasteiger partial charge in [0.25, 0.3) is 0 Å². The first kappa shape index (κ1) is 22.1. The number of thioether (sulfide) groups is 1. The molecule has 3 heterocycles. The van der Waals surface area contributed by atoms with Crippen molar-refractivity contribution >= 4 is 40.0 Å². The summed E-state index contributed by atoms with van der Waals surface area (Å²) in [7, 11) is 0. The van der Waals surface area contributed by atoms with Gasteiger partial charge in [-0.25, -0.2) is 4.79 Å². The Labute approximate surface area is 183 Å². The Hall–Kier alpha value is -2.59. The van der Waals surface area contributed by atoms with Crippen LogP contribution in [0, 0.1) is 13.8 Å². The average molecular weight is 449 g/mol. The summed E-state index contributed by atoms with van der Waals surface area (Å²) in [6.45, 7) is 9.84. The lowest BCUT2D eigenvalue weighted by atomic mass is 10.2. The van der Waals surface area contributed by atoms with Gasteiger partial charge in [0.1, 0.15) is 10.8 Å². The second kappa shape index (κ2) is 9.48. The van der Waals surface area contributed by atoms with Crippen molar-refractivity contribution in [2.45, 2.75) is 45.8 Å². The van der Waals surface area contributed by atoms with Crippen molar-refractivity contribution in [2.24, 2.45) is 0 Å². The third kappa shape index (κ3) is 4.76. The lowest BCUT2D eigenvalue weighted by Gasteiger charge is -2.13. The Bertz CT molecular complexity index is 1050. The predicted molar refractivity (Wildman–Crippen MR) is 117 cm³/mol. The molecule has 8 nitrogen and oxygen atoms in total. The van der Waals surface area contributed by atoms with Crippen LogP contribution in [0.25, 0.3) is 11.4 Å². The zero-order valence-electron chi connectivity index (χ0n) is 17.5. The maximum Gasteiger partial charge on any atom is 0.341 e. The van der Waals surface area contributed by atoms with Gasteiger partial charge in [0.15, 0.2) is 11.0 Å². The SMILES string of the molecule is CCOC(=O)c1cc(C)sc1NC(=O)CSc1nnc(-c2ccoc2C)n1C(C)C. The van der Waals surface area contributed by atoms with Gasteiger partial charge in [-0.2, -0.15) is 0 Å². The first-order chi connectivity index (χ1) is 14.3. The zero-order valence-corrected chi connectivity index (χ0v) is 19.1. The highest BCUT2D eigenvalue weighted by Crippen LogP contribution is 2.31. The Kier molecular flexibility index (Phi) is 6.99. The quantitative estimate of drug-likeness (QED) is 0.394. The van der Waals surface area contributed by atoms with E-state index in [-0.39, 0.29) is 24.3 Å². The van der Waals surface area contributed by atoms with E-state index >= 15 is 0 Å². The number of rotatable bonds is 8. The molecule has 0 spiro atoms. The highest BCUT2D eigenvalue weighted by atomic mass is 32.2. The molecule has 1 N–H and O–H groups in total. The molecule has 3 rings (SSSR count). The third-order valence-electron chi connectivity index (χ3n) is 4.22. The number of aromatic nitrogens is 3. The van der Waals surface area contributed by atoms with Crippen molar-refractivity contribution in [3.63, 3.8) is 0 Å². The third-order valence-corrected chi connectivity index (χ3v) is 6.13. The Balaban J connectivity index is 1.72. The van der Waals surface area contributed by atoms with E-state index in [1.807, 2.05) is 38.3 Å². The molecule has 0 fully saturated rings. The molecule has 0 saturated carbocycles. The van der Waals surface area contributed by atoms with Gasteiger partial charge < -0.3 is 14.5 Å². The first-order valence-electron chi connectivity index (χ1n) is 9.51. The fourth-order valence-corrected chi connectivity index (χ4v) is 4.69. The van der Waals surface area contributed by atoms with E-state index in [4.69, 9.17) is 9.15 Å². The van der Waals surface area contributed by atoms with Crippen molar-refractivity contribution in [3.8, 4) is 11.4 Å². The molecule has 3 aromatic rings. The topological polar surface area (TPSA) is 99.2 Å². The van der Waals surface area contributed by atoms with Crippen LogP contribution in [0.1, 0.15) is 47.8 Å². The molecular weight excluding hydrogens is 424 g/mol. The van der Waals surface area contributed by atoms with Gasteiger partial charge >= 0.3 is 5.97 Å². The number of amides is 1. The summed E-state index contributed by atoms with van der Waals surface area (Å²) in [6, 6.07) is 3.68. The van der Waals surface area contributed by atoms with E-state index < -0.39 is 5.97 Å². The molecule has 3 aromatic heterocycles. The van der Waals surface area contributed by atoms with Gasteiger partial charge in [-0.3, -0.25) is 9.36 Å². The van der Waals surface area contributed by atoms with Crippen molar-refractivity contribution in [1.29, 1.82) is 0 Å². The maximum atomic E-state index is 12.5. The number of hydrogen-bond acceptors (Lipinski definition) is 8. The molecule has 0 aliphatic heterocycles. The first-order valence-corrected chi connectivity index (χ1v) is 11.3. The van der Waals surface area contributed by atoms with Gasteiger partial charge in [0, 0.05) is 10.9 Å². The summed E-state index contributed by atoms with van der Waals surface area (Å²) < 4.78 is 12.4. The van der Waals surface area contributed by atoms with Crippen LogP contribution in [0.4, 0.5) is 5.00 Å². The molecule has 1 amide bonds. The van der Waals surface area contributed by atoms with E-state index in [1.165, 1.54) is 23.1 Å². The number of ether oxygens (including phenoxy) is 1. The van der Waals surface area contributed by atoms with Gasteiger partial charge in [-0.15, -0.1) is 21.5 Å². The number of carbonyl (C=O) groups is 2. The standard InChI is InChI=1S/C20H24N4O4S2/c1-6-27-19(26)15-9-12(4)30-18(15)21-16(25)10-29-20-23-22-17(24(20)11(2)3)14-7-8-28-13(14)5/h7-9,11H,6,10H2,1-5H3,(H,21,25). The molecule has 0 aliphatic rings. The highest BCUT2D eigenvalue weighted by Gasteiger charge is 2.21. The number of carbonyl (C=O) groups excluding carboxylic acids is 2. The number of aryl methyl sites for hydroxylation is 2. The molecule has 30 heavy (non-hydrogen) atoms. The fourth-order valence-electron chi connectivity index (χ4n) is 2.90. The van der Waals surface area contributed by atoms with Crippen LogP contribution in [0.2, 0.25) is 0 Å². The van der Waals surface area contributed by atoms with Crippen molar-refractivity contribution in [3.05, 3.63) is 34.6 Å². The molecular formula is C20H24N4O4S2. The summed E-state index contributed by atoms with van der Waals surface area (Å²) >= 11 is 2.64. The molecule has 160 valence electrons. The van der Waals surface area contributed by atoms with Crippen LogP contribution in [-0.4, -0.2) is 39.0 Å². The summed E-state index contributed by atoms with van der Waals surface area (Å²) in [4.78, 5) is 25.6. The predicted octanol–water partition coefficient (Wildman–Crippen LogP) is 4.70. The molecule has 0 unspecified atom stereocenters. The van der Waals surface area contributed by atoms with Crippen molar-refractivity contribution < 1.29 is 18.7 Å². The number of thiophene rings is 1. The molecule has 0 bridgehead atoms. The lowest BCUT2D eigenvalue weighted by molar-refractivity contribution is -0.113. The van der Waals surface area contributed by atoms with Crippen molar-refractivity contribution in [1.82, 2.24) is 14.8 Å². The minimum absolute atomic E-state index is 0.102. The highest BCUT2D eigenvalue weighted by molar-refractivity contribution is 7.99. The number of esters is 1. The van der Waals surface area contributed by atoms with Crippen LogP contribution in [-0.2, 0) is 9.53 Å². The van der Waals surface area contributed by atoms with E-state index in [1.54, 1.807) is 19.3 Å². The smallest absolute Gasteiger partial charge is 0.341 e. The number of nitrogens with one attached hydrogen (secondary N) is 1. The summed E-state index contributed by atoms with van der Waals surface area (Å²) in [6.07, 6.45) is 1.62. The van der Waals surface area contributed by atoms with Crippen LogP contribution >= 0.6 is 23.1 Å². The van der Waals surface area contributed by atoms with Crippen LogP contribution in [0.3, 0.4) is 0 Å². The fraction of sp³-hybridized carbons (Fsp3) is 0.400. The van der Waals surface area contributed by atoms with E-state index in [0.29, 0.717) is 21.5 Å². The summed E-state index contributed by atoms with van der Waals surface area (Å²) in [5.74, 6) is 0.932. The second-order valence-electron chi connectivity index (χ2n) is 6.82. The van der Waals surface area contributed by atoms with Crippen LogP contribution in [0.5, 0.6) is 0 Å². The normalized spacial score (nSPS) is 11.1. The number of anilines is 1. The molecule has 0 atom stereocenters. The number of nitrogens with zero attached hydrogens (tertiary/aromatic N) is 3. The molecule has 0 aromatic carbocycles. The van der Waals surface area contributed by atoms with Gasteiger partial charge in [0.2, 0.25) is 5.91 Å². The number of hydrogen-bond donors (Lipinski definition) is 1. The zero-order chi connectivity index (χ0) is 21.8. The minimum atomic E-state index is -0.440. The second-order valence-corrected chi connectivity index (χ2v) is 9.02. The van der Waals surface area contributed by atoms with Gasteiger partial charge in [-0.05, 0) is 46.8 Å². The largest absolute Gasteiger partial charge is 0.469 e. The van der Waals surface area contributed by atoms with Gasteiger partial charge in [0.05, 0.1) is 29.7 Å². The van der Waals surface area contributed by atoms with Gasteiger partial charge in [-0.1, -0.05) is 11.8 Å². The van der Waals surface area contributed by atoms with E-state index in [2.05, 4.69) is 15.5 Å². The summed E-state index contributed by atoms with van der Waals surface area (Å²) in [5.41, 5.74) is 1.25. The van der Waals surface area contributed by atoms with Crippen molar-refractivity contribution in [2.75, 3.05) is 17.7 Å². The monoisotopic (exact) mass is 448 g/mol. The summed E-state index contributed by atoms with van der Waals surface area (Å²) in [5, 5.41) is 12.5. The lowest BCUT2D eigenvalue weighted by Crippen LogP contribution is -2.16.